The number of hydrogen-bond acceptors (Lipinski definition) is 2. The predicted octanol–water partition coefficient (Wildman–Crippen LogP) is 4.68. The van der Waals surface area contributed by atoms with E-state index >= 15 is 0 Å². The highest BCUT2D eigenvalue weighted by Gasteiger charge is 2.04. The van der Waals surface area contributed by atoms with Gasteiger partial charge in [0.1, 0.15) is 11.5 Å². The van der Waals surface area contributed by atoms with Crippen molar-refractivity contribution in [2.24, 2.45) is 0 Å². The average Bonchev–Trinajstić information content (AvgIpc) is 2.27. The first-order chi connectivity index (χ1) is 8.06. The molecule has 4 heteroatoms. The lowest BCUT2D eigenvalue weighted by Crippen LogP contribution is -1.92. The van der Waals surface area contributed by atoms with Crippen molar-refractivity contribution >= 4 is 28.9 Å². The third kappa shape index (κ3) is 2.84. The van der Waals surface area contributed by atoms with Gasteiger partial charge < -0.3 is 10.5 Å². The fraction of sp³-hybridized carbons (Fsp3) is 0.0769. The lowest BCUT2D eigenvalue weighted by molar-refractivity contribution is 0.485. The SMILES string of the molecule is Cc1ccc(Oc2ccc(Cl)c(Cl)c2)c(N)c1. The van der Waals surface area contributed by atoms with Crippen LogP contribution >= 0.6 is 23.2 Å². The Morgan fingerprint density at radius 3 is 2.41 bits per heavy atom. The highest BCUT2D eigenvalue weighted by Crippen LogP contribution is 2.32. The number of ether oxygens (including phenoxy) is 1. The van der Waals surface area contributed by atoms with Crippen LogP contribution in [0.15, 0.2) is 36.4 Å². The van der Waals surface area contributed by atoms with Crippen molar-refractivity contribution in [3.63, 3.8) is 0 Å². The Labute approximate surface area is 110 Å². The van der Waals surface area contributed by atoms with Gasteiger partial charge in [-0.25, -0.2) is 0 Å². The summed E-state index contributed by atoms with van der Waals surface area (Å²) in [4.78, 5) is 0. The molecule has 0 aromatic heterocycles. The summed E-state index contributed by atoms with van der Waals surface area (Å²) in [7, 11) is 0. The maximum absolute atomic E-state index is 5.90. The van der Waals surface area contributed by atoms with Gasteiger partial charge in [0.15, 0.2) is 0 Å². The Kier molecular flexibility index (Phi) is 3.46. The van der Waals surface area contributed by atoms with E-state index in [9.17, 15) is 0 Å². The van der Waals surface area contributed by atoms with E-state index in [1.165, 1.54) is 0 Å². The molecule has 0 amide bonds. The van der Waals surface area contributed by atoms with E-state index in [2.05, 4.69) is 0 Å². The van der Waals surface area contributed by atoms with Gasteiger partial charge in [-0.2, -0.15) is 0 Å². The van der Waals surface area contributed by atoms with Crippen molar-refractivity contribution in [3.05, 3.63) is 52.0 Å². The van der Waals surface area contributed by atoms with Crippen molar-refractivity contribution in [2.75, 3.05) is 5.73 Å². The number of nitrogens with two attached hydrogens (primary N) is 1. The molecule has 0 aliphatic carbocycles. The predicted molar refractivity (Wildman–Crippen MR) is 72.1 cm³/mol. The molecule has 0 atom stereocenters. The number of rotatable bonds is 2. The lowest BCUT2D eigenvalue weighted by atomic mass is 10.2. The average molecular weight is 268 g/mol. The molecule has 2 aromatic rings. The highest BCUT2D eigenvalue weighted by atomic mass is 35.5. The number of benzene rings is 2. The van der Waals surface area contributed by atoms with E-state index in [-0.39, 0.29) is 0 Å². The van der Waals surface area contributed by atoms with Gasteiger partial charge in [0.2, 0.25) is 0 Å². The first kappa shape index (κ1) is 12.1. The quantitative estimate of drug-likeness (QED) is 0.803. The zero-order valence-electron chi connectivity index (χ0n) is 9.21. The number of nitrogen functional groups attached to an aromatic ring is 1. The maximum Gasteiger partial charge on any atom is 0.150 e. The third-order valence-electron chi connectivity index (χ3n) is 2.28. The van der Waals surface area contributed by atoms with Crippen LogP contribution in [0.2, 0.25) is 10.0 Å². The number of halogens is 2. The minimum absolute atomic E-state index is 0.454. The highest BCUT2D eigenvalue weighted by molar-refractivity contribution is 6.42. The summed E-state index contributed by atoms with van der Waals surface area (Å²) in [5.41, 5.74) is 7.53. The molecule has 2 aromatic carbocycles. The first-order valence-corrected chi connectivity index (χ1v) is 5.81. The summed E-state index contributed by atoms with van der Waals surface area (Å²) in [6, 6.07) is 10.7. The Morgan fingerprint density at radius 1 is 1.00 bits per heavy atom. The molecule has 0 radical (unpaired) electrons. The molecule has 0 bridgehead atoms. The number of aryl methyl sites for hydroxylation is 1. The van der Waals surface area contributed by atoms with Crippen molar-refractivity contribution in [2.45, 2.75) is 6.92 Å². The molecule has 0 saturated heterocycles. The van der Waals surface area contributed by atoms with Crippen LogP contribution in [-0.2, 0) is 0 Å². The van der Waals surface area contributed by atoms with Gasteiger partial charge in [-0.3, -0.25) is 0 Å². The summed E-state index contributed by atoms with van der Waals surface area (Å²) >= 11 is 11.7. The molecule has 2 nitrogen and oxygen atoms in total. The van der Waals surface area contributed by atoms with Crippen molar-refractivity contribution in [1.29, 1.82) is 0 Å². The van der Waals surface area contributed by atoms with Crippen molar-refractivity contribution in [1.82, 2.24) is 0 Å². The second kappa shape index (κ2) is 4.86. The van der Waals surface area contributed by atoms with E-state index in [0.717, 1.165) is 5.56 Å². The number of anilines is 1. The van der Waals surface area contributed by atoms with Crippen LogP contribution < -0.4 is 10.5 Å². The van der Waals surface area contributed by atoms with Gasteiger partial charge in [-0.15, -0.1) is 0 Å². The zero-order chi connectivity index (χ0) is 12.4. The molecule has 0 saturated carbocycles. The maximum atomic E-state index is 5.90. The van der Waals surface area contributed by atoms with Crippen LogP contribution in [0.25, 0.3) is 0 Å². The second-order valence-electron chi connectivity index (χ2n) is 3.72. The van der Waals surface area contributed by atoms with Crippen LogP contribution in [0.1, 0.15) is 5.56 Å². The summed E-state index contributed by atoms with van der Waals surface area (Å²) in [6.45, 7) is 1.97. The van der Waals surface area contributed by atoms with Gasteiger partial charge in [-0.1, -0.05) is 29.3 Å². The first-order valence-electron chi connectivity index (χ1n) is 5.05. The van der Waals surface area contributed by atoms with Crippen molar-refractivity contribution < 1.29 is 4.74 Å². The Morgan fingerprint density at radius 2 is 1.76 bits per heavy atom. The molecule has 0 heterocycles. The standard InChI is InChI=1S/C13H11Cl2NO/c1-8-2-5-13(12(16)6-8)17-9-3-4-10(14)11(15)7-9/h2-7H,16H2,1H3. The fourth-order valence-electron chi connectivity index (χ4n) is 1.43. The lowest BCUT2D eigenvalue weighted by Gasteiger charge is -2.09. The van der Waals surface area contributed by atoms with Gasteiger partial charge in [0.05, 0.1) is 15.7 Å². The largest absolute Gasteiger partial charge is 0.455 e. The smallest absolute Gasteiger partial charge is 0.150 e. The molecule has 0 spiro atoms. The molecule has 88 valence electrons. The molecular weight excluding hydrogens is 257 g/mol. The van der Waals surface area contributed by atoms with Crippen LogP contribution in [0.4, 0.5) is 5.69 Å². The monoisotopic (exact) mass is 267 g/mol. The molecule has 2 rings (SSSR count). The fourth-order valence-corrected chi connectivity index (χ4v) is 1.72. The molecule has 0 unspecified atom stereocenters. The van der Waals surface area contributed by atoms with E-state index < -0.39 is 0 Å². The minimum Gasteiger partial charge on any atom is -0.455 e. The zero-order valence-corrected chi connectivity index (χ0v) is 10.7. The Bertz CT molecular complexity index is 555. The number of hydrogen-bond donors (Lipinski definition) is 1. The minimum atomic E-state index is 0.454. The van der Waals surface area contributed by atoms with Crippen LogP contribution in [0, 0.1) is 6.92 Å². The van der Waals surface area contributed by atoms with Gasteiger partial charge in [0.25, 0.3) is 0 Å². The molecule has 17 heavy (non-hydrogen) atoms. The van der Waals surface area contributed by atoms with E-state index in [1.807, 2.05) is 25.1 Å². The van der Waals surface area contributed by atoms with Crippen LogP contribution in [0.5, 0.6) is 11.5 Å². The topological polar surface area (TPSA) is 35.2 Å². The van der Waals surface area contributed by atoms with Gasteiger partial charge in [-0.05, 0) is 36.8 Å². The Balaban J connectivity index is 2.28. The molecular formula is C13H11Cl2NO. The molecule has 0 fully saturated rings. The summed E-state index contributed by atoms with van der Waals surface area (Å²) < 4.78 is 5.63. The van der Waals surface area contributed by atoms with Crippen molar-refractivity contribution in [3.8, 4) is 11.5 Å². The second-order valence-corrected chi connectivity index (χ2v) is 4.53. The molecule has 2 N–H and O–H groups in total. The summed E-state index contributed by atoms with van der Waals surface area (Å²) in [5, 5.41) is 0.950. The van der Waals surface area contributed by atoms with Crippen LogP contribution in [-0.4, -0.2) is 0 Å². The molecule has 0 aliphatic heterocycles. The Hall–Kier alpha value is -1.38. The van der Waals surface area contributed by atoms with Gasteiger partial charge in [0, 0.05) is 6.07 Å². The van der Waals surface area contributed by atoms with E-state index in [4.69, 9.17) is 33.7 Å². The normalized spacial score (nSPS) is 10.3. The van der Waals surface area contributed by atoms with Gasteiger partial charge >= 0.3 is 0 Å². The summed E-state index contributed by atoms with van der Waals surface area (Å²) in [6.07, 6.45) is 0. The third-order valence-corrected chi connectivity index (χ3v) is 3.02. The van der Waals surface area contributed by atoms with Crippen LogP contribution in [0.3, 0.4) is 0 Å². The molecule has 0 aliphatic rings. The van der Waals surface area contributed by atoms with E-state index in [1.54, 1.807) is 18.2 Å². The summed E-state index contributed by atoms with van der Waals surface area (Å²) in [5.74, 6) is 1.21. The van der Waals surface area contributed by atoms with E-state index in [0.29, 0.717) is 27.2 Å².